The van der Waals surface area contributed by atoms with Gasteiger partial charge in [0.1, 0.15) is 0 Å². The van der Waals surface area contributed by atoms with Gasteiger partial charge in [-0.25, -0.2) is 9.97 Å². The zero-order valence-corrected chi connectivity index (χ0v) is 28.0. The van der Waals surface area contributed by atoms with E-state index in [2.05, 4.69) is 124 Å². The van der Waals surface area contributed by atoms with E-state index in [9.17, 15) is 0 Å². The summed E-state index contributed by atoms with van der Waals surface area (Å²) in [6.45, 7) is 0. The number of benzene rings is 7. The first-order valence-corrected chi connectivity index (χ1v) is 17.1. The number of rotatable bonds is 8. The minimum Gasteiger partial charge on any atom is -0.416 e. The van der Waals surface area contributed by atoms with Gasteiger partial charge in [-0.05, 0) is 90.0 Å². The maximum Gasteiger partial charge on any atom is 0.248 e. The number of anilines is 3. The maximum absolute atomic E-state index is 6.03. The summed E-state index contributed by atoms with van der Waals surface area (Å²) in [4.78, 5) is 12.6. The van der Waals surface area contributed by atoms with E-state index < -0.39 is 0 Å². The summed E-state index contributed by atoms with van der Waals surface area (Å²) in [5.74, 6) is 0.969. The highest BCUT2D eigenvalue weighted by Crippen LogP contribution is 2.38. The minimum absolute atomic E-state index is 0.475. The lowest BCUT2D eigenvalue weighted by Gasteiger charge is -2.25. The van der Waals surface area contributed by atoms with Crippen LogP contribution in [0.2, 0.25) is 0 Å². The maximum atomic E-state index is 6.03. The van der Waals surface area contributed by atoms with Crippen LogP contribution in [-0.4, -0.2) is 20.2 Å². The standard InChI is InChI=1S/C46H31N5O/c1-4-13-32(14-5-1)36-17-12-18-37(31-36)44-43(47-41-21-10-11-22-42(41)48-44)33-23-27-39(28-24-33)51(38-19-8-3-9-20-38)40-29-25-35(26-30-40)46-50-49-45(52-46)34-15-6-2-7-16-34/h1-31H. The van der Waals surface area contributed by atoms with Crippen molar-refractivity contribution in [3.05, 3.63) is 188 Å². The summed E-state index contributed by atoms with van der Waals surface area (Å²) in [7, 11) is 0. The lowest BCUT2D eigenvalue weighted by Crippen LogP contribution is -2.09. The van der Waals surface area contributed by atoms with E-state index in [1.807, 2.05) is 78.9 Å². The fraction of sp³-hybridized carbons (Fsp3) is 0. The Kier molecular flexibility index (Phi) is 8.08. The second-order valence-corrected chi connectivity index (χ2v) is 12.4. The Bertz CT molecular complexity index is 2600. The van der Waals surface area contributed by atoms with Crippen molar-refractivity contribution in [2.24, 2.45) is 0 Å². The van der Waals surface area contributed by atoms with E-state index in [-0.39, 0.29) is 0 Å². The fourth-order valence-electron chi connectivity index (χ4n) is 6.46. The lowest BCUT2D eigenvalue weighted by atomic mass is 9.98. The first-order chi connectivity index (χ1) is 25.8. The first kappa shape index (κ1) is 30.8. The molecule has 0 amide bonds. The summed E-state index contributed by atoms with van der Waals surface area (Å²) in [6.07, 6.45) is 0. The molecule has 0 aliphatic carbocycles. The van der Waals surface area contributed by atoms with Gasteiger partial charge >= 0.3 is 0 Å². The fourth-order valence-corrected chi connectivity index (χ4v) is 6.46. The van der Waals surface area contributed by atoms with Crippen molar-refractivity contribution in [3.8, 4) is 56.6 Å². The third-order valence-corrected chi connectivity index (χ3v) is 9.05. The highest BCUT2D eigenvalue weighted by atomic mass is 16.4. The SMILES string of the molecule is c1ccc(-c2cccc(-c3nc4ccccc4nc3-c3ccc(N(c4ccccc4)c4ccc(-c5nnc(-c6ccccc6)o5)cc4)cc3)c2)cc1. The van der Waals surface area contributed by atoms with Gasteiger partial charge in [0.25, 0.3) is 0 Å². The summed E-state index contributed by atoms with van der Waals surface area (Å²) in [6, 6.07) is 63.9. The highest BCUT2D eigenvalue weighted by Gasteiger charge is 2.18. The smallest absolute Gasteiger partial charge is 0.248 e. The van der Waals surface area contributed by atoms with Crippen molar-refractivity contribution in [3.63, 3.8) is 0 Å². The highest BCUT2D eigenvalue weighted by molar-refractivity contribution is 5.88. The molecular weight excluding hydrogens is 639 g/mol. The van der Waals surface area contributed by atoms with Crippen LogP contribution in [0.3, 0.4) is 0 Å². The van der Waals surface area contributed by atoms with Crippen molar-refractivity contribution < 1.29 is 4.42 Å². The Balaban J connectivity index is 1.08. The molecule has 0 aliphatic heterocycles. The van der Waals surface area contributed by atoms with Crippen LogP contribution in [-0.2, 0) is 0 Å². The van der Waals surface area contributed by atoms with E-state index in [4.69, 9.17) is 14.4 Å². The molecule has 0 saturated carbocycles. The number of hydrogen-bond donors (Lipinski definition) is 0. The molecule has 52 heavy (non-hydrogen) atoms. The normalized spacial score (nSPS) is 11.1. The van der Waals surface area contributed by atoms with Gasteiger partial charge in [-0.3, -0.25) is 0 Å². The van der Waals surface area contributed by atoms with Gasteiger partial charge in [0, 0.05) is 39.3 Å². The van der Waals surface area contributed by atoms with Crippen LogP contribution in [0.1, 0.15) is 0 Å². The molecule has 0 aliphatic rings. The topological polar surface area (TPSA) is 67.9 Å². The van der Waals surface area contributed by atoms with Gasteiger partial charge in [-0.2, -0.15) is 0 Å². The van der Waals surface area contributed by atoms with Crippen LogP contribution >= 0.6 is 0 Å². The van der Waals surface area contributed by atoms with Crippen molar-refractivity contribution in [2.45, 2.75) is 0 Å². The predicted octanol–water partition coefficient (Wildman–Crippen LogP) is 11.8. The van der Waals surface area contributed by atoms with E-state index in [1.165, 1.54) is 0 Å². The number of hydrogen-bond acceptors (Lipinski definition) is 6. The molecule has 0 spiro atoms. The summed E-state index contributed by atoms with van der Waals surface area (Å²) in [5.41, 5.74) is 12.5. The van der Waals surface area contributed by atoms with Gasteiger partial charge in [-0.15, -0.1) is 10.2 Å². The molecule has 0 saturated heterocycles. The molecule has 246 valence electrons. The molecule has 0 atom stereocenters. The number of nitrogens with zero attached hydrogens (tertiary/aromatic N) is 5. The average molecular weight is 670 g/mol. The Morgan fingerprint density at radius 3 is 1.35 bits per heavy atom. The Labute approximate surface area is 301 Å². The molecule has 2 heterocycles. The Morgan fingerprint density at radius 1 is 0.327 bits per heavy atom. The van der Waals surface area contributed by atoms with Crippen LogP contribution < -0.4 is 4.90 Å². The Hall–Kier alpha value is -7.18. The van der Waals surface area contributed by atoms with Crippen molar-refractivity contribution >= 4 is 28.1 Å². The molecule has 0 radical (unpaired) electrons. The lowest BCUT2D eigenvalue weighted by molar-refractivity contribution is 0.584. The van der Waals surface area contributed by atoms with Gasteiger partial charge in [0.2, 0.25) is 11.8 Å². The molecule has 6 nitrogen and oxygen atoms in total. The van der Waals surface area contributed by atoms with E-state index in [0.29, 0.717) is 11.8 Å². The van der Waals surface area contributed by atoms with Crippen LogP contribution in [0.25, 0.3) is 67.6 Å². The molecular formula is C46H31N5O. The minimum atomic E-state index is 0.475. The van der Waals surface area contributed by atoms with E-state index in [0.717, 1.165) is 72.9 Å². The quantitative estimate of drug-likeness (QED) is 0.160. The van der Waals surface area contributed by atoms with Crippen molar-refractivity contribution in [1.29, 1.82) is 0 Å². The van der Waals surface area contributed by atoms with Gasteiger partial charge < -0.3 is 9.32 Å². The summed E-state index contributed by atoms with van der Waals surface area (Å²) < 4.78 is 6.03. The predicted molar refractivity (Wildman–Crippen MR) is 209 cm³/mol. The number of fused-ring (bicyclic) bond motifs is 1. The Morgan fingerprint density at radius 2 is 0.750 bits per heavy atom. The summed E-state index contributed by atoms with van der Waals surface area (Å²) >= 11 is 0. The molecule has 6 heteroatoms. The molecule has 9 aromatic rings. The van der Waals surface area contributed by atoms with Crippen LogP contribution in [0.15, 0.2) is 192 Å². The molecule has 0 unspecified atom stereocenters. The van der Waals surface area contributed by atoms with Gasteiger partial charge in [-0.1, -0.05) is 109 Å². The van der Waals surface area contributed by atoms with Gasteiger partial charge in [0.05, 0.1) is 22.4 Å². The molecule has 0 N–H and O–H groups in total. The van der Waals surface area contributed by atoms with Gasteiger partial charge in [0.15, 0.2) is 0 Å². The molecule has 0 bridgehead atoms. The first-order valence-electron chi connectivity index (χ1n) is 17.1. The van der Waals surface area contributed by atoms with Crippen molar-refractivity contribution in [1.82, 2.24) is 20.2 Å². The van der Waals surface area contributed by atoms with Crippen LogP contribution in [0.4, 0.5) is 17.1 Å². The number of para-hydroxylation sites is 3. The van der Waals surface area contributed by atoms with E-state index in [1.54, 1.807) is 0 Å². The third kappa shape index (κ3) is 6.10. The van der Waals surface area contributed by atoms with Crippen molar-refractivity contribution in [2.75, 3.05) is 4.90 Å². The molecule has 9 rings (SSSR count). The average Bonchev–Trinajstić information content (AvgIpc) is 3.73. The second-order valence-electron chi connectivity index (χ2n) is 12.4. The largest absolute Gasteiger partial charge is 0.416 e. The second kappa shape index (κ2) is 13.6. The molecule has 2 aromatic heterocycles. The third-order valence-electron chi connectivity index (χ3n) is 9.05. The zero-order chi connectivity index (χ0) is 34.7. The molecule has 0 fully saturated rings. The van der Waals surface area contributed by atoms with E-state index >= 15 is 0 Å². The summed E-state index contributed by atoms with van der Waals surface area (Å²) in [5, 5.41) is 8.59. The zero-order valence-electron chi connectivity index (χ0n) is 28.0. The monoisotopic (exact) mass is 669 g/mol. The van der Waals surface area contributed by atoms with Crippen LogP contribution in [0, 0.1) is 0 Å². The van der Waals surface area contributed by atoms with Crippen LogP contribution in [0.5, 0.6) is 0 Å². The molecule has 7 aromatic carbocycles. The number of aromatic nitrogens is 4.